The normalized spacial score (nSPS) is 23.1. The zero-order valence-electron chi connectivity index (χ0n) is 12.2. The summed E-state index contributed by atoms with van der Waals surface area (Å²) in [4.78, 5) is 0.331. The third-order valence-corrected chi connectivity index (χ3v) is 5.84. The minimum atomic E-state index is -3.41. The van der Waals surface area contributed by atoms with Gasteiger partial charge in [0.1, 0.15) is 0 Å². The smallest absolute Gasteiger partial charge is 0.240 e. The summed E-state index contributed by atoms with van der Waals surface area (Å²) >= 11 is 0. The van der Waals surface area contributed by atoms with Crippen molar-refractivity contribution in [3.63, 3.8) is 0 Å². The molecule has 0 bridgehead atoms. The van der Waals surface area contributed by atoms with Crippen LogP contribution in [0.5, 0.6) is 0 Å². The van der Waals surface area contributed by atoms with Gasteiger partial charge < -0.3 is 5.73 Å². The van der Waals surface area contributed by atoms with E-state index in [0.29, 0.717) is 29.8 Å². The van der Waals surface area contributed by atoms with E-state index in [-0.39, 0.29) is 0 Å². The lowest BCUT2D eigenvalue weighted by atomic mass is 9.99. The highest BCUT2D eigenvalue weighted by Crippen LogP contribution is 2.30. The molecule has 20 heavy (non-hydrogen) atoms. The Balaban J connectivity index is 2.08. The molecule has 2 rings (SSSR count). The first kappa shape index (κ1) is 15.5. The van der Waals surface area contributed by atoms with Gasteiger partial charge in [-0.3, -0.25) is 0 Å². The lowest BCUT2D eigenvalue weighted by molar-refractivity contribution is 0.414. The Bertz CT molecular complexity index is 569. The summed E-state index contributed by atoms with van der Waals surface area (Å²) < 4.78 is 27.4. The molecule has 1 aliphatic rings. The summed E-state index contributed by atoms with van der Waals surface area (Å²) in [6.07, 6.45) is 3.53. The molecule has 5 heteroatoms. The van der Waals surface area contributed by atoms with Gasteiger partial charge in [0, 0.05) is 13.1 Å². The molecule has 112 valence electrons. The number of sulfonamides is 1. The fourth-order valence-corrected chi connectivity index (χ4v) is 4.07. The van der Waals surface area contributed by atoms with Crippen LogP contribution in [0.2, 0.25) is 0 Å². The first-order valence-electron chi connectivity index (χ1n) is 7.23. The number of nitrogens with two attached hydrogens (primary N) is 1. The minimum absolute atomic E-state index is 0.331. The van der Waals surface area contributed by atoms with Gasteiger partial charge in [-0.2, -0.15) is 0 Å². The molecule has 4 nitrogen and oxygen atoms in total. The molecule has 0 saturated heterocycles. The van der Waals surface area contributed by atoms with Crippen molar-refractivity contribution < 1.29 is 8.42 Å². The highest BCUT2D eigenvalue weighted by molar-refractivity contribution is 7.89. The van der Waals surface area contributed by atoms with Crippen LogP contribution in [0.4, 0.5) is 0 Å². The van der Waals surface area contributed by atoms with E-state index in [1.807, 2.05) is 6.92 Å². The second kappa shape index (κ2) is 6.24. The summed E-state index contributed by atoms with van der Waals surface area (Å²) in [5, 5.41) is 0. The maximum atomic E-state index is 12.3. The number of aryl methyl sites for hydroxylation is 1. The van der Waals surface area contributed by atoms with Crippen molar-refractivity contribution in [2.24, 2.45) is 17.6 Å². The Labute approximate surface area is 121 Å². The fraction of sp³-hybridized carbons (Fsp3) is 0.600. The second-order valence-electron chi connectivity index (χ2n) is 5.81. The van der Waals surface area contributed by atoms with Gasteiger partial charge >= 0.3 is 0 Å². The van der Waals surface area contributed by atoms with Crippen LogP contribution in [0.15, 0.2) is 23.1 Å². The molecule has 0 amide bonds. The molecule has 1 fully saturated rings. The molecule has 1 aliphatic carbocycles. The van der Waals surface area contributed by atoms with Crippen LogP contribution in [-0.2, 0) is 16.6 Å². The van der Waals surface area contributed by atoms with E-state index >= 15 is 0 Å². The van der Waals surface area contributed by atoms with Gasteiger partial charge in [-0.25, -0.2) is 13.1 Å². The minimum Gasteiger partial charge on any atom is -0.326 e. The van der Waals surface area contributed by atoms with Gasteiger partial charge in [0.15, 0.2) is 0 Å². The highest BCUT2D eigenvalue weighted by Gasteiger charge is 2.25. The molecule has 0 aliphatic heterocycles. The van der Waals surface area contributed by atoms with Crippen LogP contribution >= 0.6 is 0 Å². The van der Waals surface area contributed by atoms with Crippen molar-refractivity contribution in [3.05, 3.63) is 29.3 Å². The first-order valence-corrected chi connectivity index (χ1v) is 8.71. The fourth-order valence-electron chi connectivity index (χ4n) is 2.89. The van der Waals surface area contributed by atoms with Gasteiger partial charge in [0.2, 0.25) is 10.0 Å². The van der Waals surface area contributed by atoms with E-state index in [2.05, 4.69) is 11.6 Å². The number of nitrogens with one attached hydrogen (secondary N) is 1. The van der Waals surface area contributed by atoms with Crippen molar-refractivity contribution in [1.29, 1.82) is 0 Å². The van der Waals surface area contributed by atoms with Crippen LogP contribution in [0.1, 0.15) is 37.3 Å². The van der Waals surface area contributed by atoms with Gasteiger partial charge in [0.05, 0.1) is 4.90 Å². The lowest BCUT2D eigenvalue weighted by Gasteiger charge is -2.16. The summed E-state index contributed by atoms with van der Waals surface area (Å²) in [5.74, 6) is 1.08. The Morgan fingerprint density at radius 3 is 2.65 bits per heavy atom. The Kier molecular flexibility index (Phi) is 4.83. The number of benzene rings is 1. The molecule has 2 atom stereocenters. The summed E-state index contributed by atoms with van der Waals surface area (Å²) in [6, 6.07) is 5.13. The largest absolute Gasteiger partial charge is 0.326 e. The number of rotatable bonds is 5. The third-order valence-electron chi connectivity index (χ3n) is 4.42. The molecule has 2 unspecified atom stereocenters. The number of hydrogen-bond donors (Lipinski definition) is 2. The molecule has 1 aromatic rings. The van der Waals surface area contributed by atoms with Crippen molar-refractivity contribution >= 4 is 10.0 Å². The van der Waals surface area contributed by atoms with Crippen molar-refractivity contribution in [1.82, 2.24) is 4.72 Å². The lowest BCUT2D eigenvalue weighted by Crippen LogP contribution is -2.30. The van der Waals surface area contributed by atoms with Crippen molar-refractivity contribution in [3.8, 4) is 0 Å². The third kappa shape index (κ3) is 3.40. The van der Waals surface area contributed by atoms with E-state index in [1.54, 1.807) is 18.2 Å². The number of hydrogen-bond acceptors (Lipinski definition) is 3. The predicted octanol–water partition coefficient (Wildman–Crippen LogP) is 2.17. The Hall–Kier alpha value is -0.910. The molecule has 0 heterocycles. The zero-order chi connectivity index (χ0) is 14.8. The average molecular weight is 296 g/mol. The second-order valence-corrected chi connectivity index (χ2v) is 7.58. The summed E-state index contributed by atoms with van der Waals surface area (Å²) in [5.41, 5.74) is 7.50. The molecule has 1 saturated carbocycles. The molecule has 1 aromatic carbocycles. The van der Waals surface area contributed by atoms with Gasteiger partial charge in [-0.05, 0) is 48.4 Å². The summed E-state index contributed by atoms with van der Waals surface area (Å²) in [6.45, 7) is 5.06. The molecule has 0 radical (unpaired) electrons. The van der Waals surface area contributed by atoms with Gasteiger partial charge in [-0.1, -0.05) is 25.8 Å². The van der Waals surface area contributed by atoms with E-state index in [9.17, 15) is 8.42 Å². The van der Waals surface area contributed by atoms with Gasteiger partial charge in [0.25, 0.3) is 0 Å². The predicted molar refractivity (Wildman–Crippen MR) is 80.8 cm³/mol. The molecule has 0 spiro atoms. The SMILES string of the molecule is Cc1cc(S(=O)(=O)NCC2CCCC2C)ccc1CN. The molecular weight excluding hydrogens is 272 g/mol. The molecular formula is C15H24N2O2S. The zero-order valence-corrected chi connectivity index (χ0v) is 13.0. The van der Waals surface area contributed by atoms with Crippen molar-refractivity contribution in [2.45, 2.75) is 44.6 Å². The maximum absolute atomic E-state index is 12.3. The van der Waals surface area contributed by atoms with Crippen LogP contribution in [0.25, 0.3) is 0 Å². The van der Waals surface area contributed by atoms with Crippen LogP contribution in [-0.4, -0.2) is 15.0 Å². The molecule has 3 N–H and O–H groups in total. The first-order chi connectivity index (χ1) is 9.44. The van der Waals surface area contributed by atoms with Crippen LogP contribution < -0.4 is 10.5 Å². The quantitative estimate of drug-likeness (QED) is 0.874. The molecule has 0 aromatic heterocycles. The standard InChI is InChI=1S/C15H24N2O2S/c1-11-4-3-5-14(11)10-17-20(18,19)15-7-6-13(9-16)12(2)8-15/h6-8,11,14,17H,3-5,9-10,16H2,1-2H3. The maximum Gasteiger partial charge on any atom is 0.240 e. The van der Waals surface area contributed by atoms with Gasteiger partial charge in [-0.15, -0.1) is 0 Å². The Morgan fingerprint density at radius 2 is 2.10 bits per heavy atom. The topological polar surface area (TPSA) is 72.2 Å². The highest BCUT2D eigenvalue weighted by atomic mass is 32.2. The summed E-state index contributed by atoms with van der Waals surface area (Å²) in [7, 11) is -3.41. The van der Waals surface area contributed by atoms with E-state index < -0.39 is 10.0 Å². The Morgan fingerprint density at radius 1 is 1.35 bits per heavy atom. The average Bonchev–Trinajstić information content (AvgIpc) is 2.82. The van der Waals surface area contributed by atoms with Crippen LogP contribution in [0, 0.1) is 18.8 Å². The van der Waals surface area contributed by atoms with Crippen LogP contribution in [0.3, 0.4) is 0 Å². The van der Waals surface area contributed by atoms with E-state index in [4.69, 9.17) is 5.73 Å². The van der Waals surface area contributed by atoms with E-state index in [0.717, 1.165) is 17.5 Å². The monoisotopic (exact) mass is 296 g/mol. The van der Waals surface area contributed by atoms with Crippen molar-refractivity contribution in [2.75, 3.05) is 6.54 Å². The van der Waals surface area contributed by atoms with E-state index in [1.165, 1.54) is 12.8 Å².